The third-order valence-corrected chi connectivity index (χ3v) is 2.29. The number of nitrogens with one attached hydrogen (secondary N) is 1. The van der Waals surface area contributed by atoms with Gasteiger partial charge in [0.15, 0.2) is 0 Å². The number of carbonyl (C=O) groups is 2. The van der Waals surface area contributed by atoms with Crippen molar-refractivity contribution in [2.24, 2.45) is 5.92 Å². The first-order valence-electron chi connectivity index (χ1n) is 5.61. The highest BCUT2D eigenvalue weighted by Gasteiger charge is 2.16. The van der Waals surface area contributed by atoms with Crippen molar-refractivity contribution in [1.82, 2.24) is 5.32 Å². The van der Waals surface area contributed by atoms with Gasteiger partial charge >= 0.3 is 5.97 Å². The predicted molar refractivity (Wildman–Crippen MR) is 58.6 cm³/mol. The molecule has 88 valence electrons. The molecule has 0 bridgehead atoms. The topological polar surface area (TPSA) is 66.4 Å². The summed E-state index contributed by atoms with van der Waals surface area (Å²) in [5.74, 6) is -1.31. The second-order valence-electron chi connectivity index (χ2n) is 3.73. The number of carbonyl (C=O) groups excluding carboxylic acids is 1. The van der Waals surface area contributed by atoms with E-state index in [4.69, 9.17) is 5.11 Å². The summed E-state index contributed by atoms with van der Waals surface area (Å²) < 4.78 is 0. The average Bonchev–Trinajstić information content (AvgIpc) is 2.20. The maximum absolute atomic E-state index is 11.2. The maximum Gasteiger partial charge on any atom is 0.308 e. The quantitative estimate of drug-likeness (QED) is 0.648. The fourth-order valence-electron chi connectivity index (χ4n) is 1.32. The first-order chi connectivity index (χ1) is 7.11. The van der Waals surface area contributed by atoms with Crippen molar-refractivity contribution in [3.8, 4) is 0 Å². The van der Waals surface area contributed by atoms with Gasteiger partial charge in [0.25, 0.3) is 0 Å². The minimum Gasteiger partial charge on any atom is -0.481 e. The molecule has 0 saturated heterocycles. The van der Waals surface area contributed by atoms with Crippen LogP contribution in [-0.4, -0.2) is 23.5 Å². The molecule has 0 radical (unpaired) electrons. The van der Waals surface area contributed by atoms with Crippen LogP contribution in [0.15, 0.2) is 0 Å². The van der Waals surface area contributed by atoms with Crippen LogP contribution in [0, 0.1) is 5.92 Å². The van der Waals surface area contributed by atoms with Gasteiger partial charge in [0.2, 0.25) is 5.91 Å². The molecule has 0 saturated carbocycles. The van der Waals surface area contributed by atoms with E-state index in [2.05, 4.69) is 5.32 Å². The summed E-state index contributed by atoms with van der Waals surface area (Å²) in [5.41, 5.74) is 0. The number of carboxylic acid groups (broad SMARTS) is 1. The molecule has 0 aromatic carbocycles. The molecule has 0 rings (SSSR count). The number of hydrogen-bond acceptors (Lipinski definition) is 2. The van der Waals surface area contributed by atoms with Gasteiger partial charge in [-0.05, 0) is 12.8 Å². The van der Waals surface area contributed by atoms with E-state index < -0.39 is 11.9 Å². The van der Waals surface area contributed by atoms with Crippen LogP contribution in [0.25, 0.3) is 0 Å². The fourth-order valence-corrected chi connectivity index (χ4v) is 1.32. The van der Waals surface area contributed by atoms with Gasteiger partial charge in [-0.3, -0.25) is 9.59 Å². The summed E-state index contributed by atoms with van der Waals surface area (Å²) in [6, 6.07) is 0. The van der Waals surface area contributed by atoms with E-state index in [0.29, 0.717) is 12.8 Å². The molecule has 15 heavy (non-hydrogen) atoms. The Morgan fingerprint density at radius 1 is 1.27 bits per heavy atom. The Bertz CT molecular complexity index is 204. The summed E-state index contributed by atoms with van der Waals surface area (Å²) in [7, 11) is 0. The lowest BCUT2D eigenvalue weighted by Crippen LogP contribution is -2.32. The Morgan fingerprint density at radius 2 is 1.93 bits per heavy atom. The van der Waals surface area contributed by atoms with Crippen LogP contribution in [-0.2, 0) is 9.59 Å². The normalized spacial score (nSPS) is 12.1. The van der Waals surface area contributed by atoms with Crippen molar-refractivity contribution >= 4 is 11.9 Å². The Labute approximate surface area is 91.1 Å². The Balaban J connectivity index is 3.78. The molecule has 0 aliphatic carbocycles. The first kappa shape index (κ1) is 13.9. The average molecular weight is 215 g/mol. The van der Waals surface area contributed by atoms with Crippen molar-refractivity contribution in [2.75, 3.05) is 6.54 Å². The van der Waals surface area contributed by atoms with Crippen LogP contribution >= 0.6 is 0 Å². The molecule has 4 nitrogen and oxygen atoms in total. The summed E-state index contributed by atoms with van der Waals surface area (Å²) in [6.45, 7) is 4.21. The maximum atomic E-state index is 11.2. The van der Waals surface area contributed by atoms with Crippen molar-refractivity contribution in [1.29, 1.82) is 0 Å². The SMILES string of the molecule is CCCCC(=O)NCC(CCC)C(=O)O. The predicted octanol–water partition coefficient (Wildman–Crippen LogP) is 1.79. The van der Waals surface area contributed by atoms with Crippen molar-refractivity contribution in [3.05, 3.63) is 0 Å². The third kappa shape index (κ3) is 6.94. The number of amides is 1. The van der Waals surface area contributed by atoms with Crippen LogP contribution < -0.4 is 5.32 Å². The molecule has 0 aliphatic heterocycles. The zero-order valence-electron chi connectivity index (χ0n) is 9.58. The van der Waals surface area contributed by atoms with Crippen molar-refractivity contribution in [3.63, 3.8) is 0 Å². The lowest BCUT2D eigenvalue weighted by Gasteiger charge is -2.11. The standard InChI is InChI=1S/C11H21NO3/c1-3-5-7-10(13)12-8-9(6-4-2)11(14)15/h9H,3-8H2,1-2H3,(H,12,13)(H,14,15). The fraction of sp³-hybridized carbons (Fsp3) is 0.818. The van der Waals surface area contributed by atoms with Crippen LogP contribution in [0.1, 0.15) is 46.0 Å². The molecule has 2 N–H and O–H groups in total. The number of rotatable bonds is 8. The minimum absolute atomic E-state index is 0.0424. The Hall–Kier alpha value is -1.06. The molecule has 4 heteroatoms. The summed E-state index contributed by atoms with van der Waals surface area (Å²) >= 11 is 0. The van der Waals surface area contributed by atoms with E-state index in [0.717, 1.165) is 19.3 Å². The lowest BCUT2D eigenvalue weighted by atomic mass is 10.0. The molecule has 1 unspecified atom stereocenters. The summed E-state index contributed by atoms with van der Waals surface area (Å²) in [4.78, 5) is 22.0. The molecule has 0 spiro atoms. The third-order valence-electron chi connectivity index (χ3n) is 2.29. The molecular weight excluding hydrogens is 194 g/mol. The van der Waals surface area contributed by atoms with Gasteiger partial charge in [0.1, 0.15) is 0 Å². The molecule has 0 fully saturated rings. The van der Waals surface area contributed by atoms with E-state index in [1.165, 1.54) is 0 Å². The first-order valence-corrected chi connectivity index (χ1v) is 5.61. The zero-order chi connectivity index (χ0) is 11.7. The van der Waals surface area contributed by atoms with Crippen LogP contribution in [0.2, 0.25) is 0 Å². The number of hydrogen-bond donors (Lipinski definition) is 2. The van der Waals surface area contributed by atoms with E-state index in [9.17, 15) is 9.59 Å². The van der Waals surface area contributed by atoms with Gasteiger partial charge in [-0.15, -0.1) is 0 Å². The second kappa shape index (κ2) is 8.26. The summed E-state index contributed by atoms with van der Waals surface area (Å²) in [5, 5.41) is 11.5. The zero-order valence-corrected chi connectivity index (χ0v) is 9.58. The Kier molecular flexibility index (Phi) is 7.68. The highest BCUT2D eigenvalue weighted by Crippen LogP contribution is 2.05. The molecule has 0 aliphatic rings. The highest BCUT2D eigenvalue weighted by molar-refractivity contribution is 5.77. The monoisotopic (exact) mass is 215 g/mol. The number of carboxylic acids is 1. The second-order valence-corrected chi connectivity index (χ2v) is 3.73. The number of unbranched alkanes of at least 4 members (excludes halogenated alkanes) is 1. The lowest BCUT2D eigenvalue weighted by molar-refractivity contribution is -0.141. The van der Waals surface area contributed by atoms with Crippen molar-refractivity contribution < 1.29 is 14.7 Å². The molecular formula is C11H21NO3. The van der Waals surface area contributed by atoms with Gasteiger partial charge in [0.05, 0.1) is 5.92 Å². The van der Waals surface area contributed by atoms with E-state index in [1.54, 1.807) is 0 Å². The van der Waals surface area contributed by atoms with Crippen molar-refractivity contribution in [2.45, 2.75) is 46.0 Å². The Morgan fingerprint density at radius 3 is 2.40 bits per heavy atom. The minimum atomic E-state index is -0.826. The van der Waals surface area contributed by atoms with E-state index in [1.807, 2.05) is 13.8 Å². The molecule has 1 atom stereocenters. The molecule has 0 aromatic heterocycles. The van der Waals surface area contributed by atoms with Gasteiger partial charge in [-0.25, -0.2) is 0 Å². The molecule has 0 aromatic rings. The van der Waals surface area contributed by atoms with Gasteiger partial charge in [-0.2, -0.15) is 0 Å². The van der Waals surface area contributed by atoms with Gasteiger partial charge in [-0.1, -0.05) is 26.7 Å². The van der Waals surface area contributed by atoms with Gasteiger partial charge in [0, 0.05) is 13.0 Å². The van der Waals surface area contributed by atoms with Crippen LogP contribution in [0.3, 0.4) is 0 Å². The summed E-state index contributed by atoms with van der Waals surface area (Å²) in [6.07, 6.45) is 3.77. The smallest absolute Gasteiger partial charge is 0.308 e. The van der Waals surface area contributed by atoms with Gasteiger partial charge < -0.3 is 10.4 Å². The van der Waals surface area contributed by atoms with Crippen LogP contribution in [0.5, 0.6) is 0 Å². The number of aliphatic carboxylic acids is 1. The molecule has 1 amide bonds. The molecule has 0 heterocycles. The largest absolute Gasteiger partial charge is 0.481 e. The van der Waals surface area contributed by atoms with E-state index >= 15 is 0 Å². The highest BCUT2D eigenvalue weighted by atomic mass is 16.4. The van der Waals surface area contributed by atoms with E-state index in [-0.39, 0.29) is 12.5 Å². The van der Waals surface area contributed by atoms with Crippen LogP contribution in [0.4, 0.5) is 0 Å².